The third kappa shape index (κ3) is 2.60. The van der Waals surface area contributed by atoms with Gasteiger partial charge in [-0.1, -0.05) is 42.5 Å². The molecule has 4 aromatic rings. The Bertz CT molecular complexity index is 1270. The molecule has 5 nitrogen and oxygen atoms in total. The number of benzene rings is 3. The molecule has 0 aliphatic rings. The summed E-state index contributed by atoms with van der Waals surface area (Å²) in [6.45, 7) is 0. The van der Waals surface area contributed by atoms with Crippen molar-refractivity contribution in [3.05, 3.63) is 88.3 Å². The van der Waals surface area contributed by atoms with Crippen LogP contribution in [0.3, 0.4) is 0 Å². The summed E-state index contributed by atoms with van der Waals surface area (Å²) in [6, 6.07) is 21.4. The highest BCUT2D eigenvalue weighted by Gasteiger charge is 2.16. The predicted octanol–water partition coefficient (Wildman–Crippen LogP) is 4.07. The Morgan fingerprint density at radius 3 is 2.58 bits per heavy atom. The smallest absolute Gasteiger partial charge is 0.349 e. The molecule has 3 aromatic carbocycles. The fraction of sp³-hybridized carbons (Fsp3) is 0. The summed E-state index contributed by atoms with van der Waals surface area (Å²) in [5.74, 6) is -0.615. The zero-order chi connectivity index (χ0) is 18.1. The van der Waals surface area contributed by atoms with Crippen LogP contribution in [0.2, 0.25) is 0 Å². The summed E-state index contributed by atoms with van der Waals surface area (Å²) in [7, 11) is 0. The van der Waals surface area contributed by atoms with E-state index >= 15 is 0 Å². The fourth-order valence-electron chi connectivity index (χ4n) is 2.91. The molecule has 0 saturated heterocycles. The number of anilines is 1. The average Bonchev–Trinajstić information content (AvgIpc) is 2.67. The van der Waals surface area contributed by atoms with Crippen LogP contribution in [0.25, 0.3) is 21.7 Å². The minimum Gasteiger partial charge on any atom is -0.422 e. The maximum absolute atomic E-state index is 12.6. The number of carbonyl (C=O) groups is 1. The second-order valence-electron chi connectivity index (χ2n) is 5.76. The summed E-state index contributed by atoms with van der Waals surface area (Å²) in [5.41, 5.74) is 0.248. The topological polar surface area (TPSA) is 83.1 Å². The number of rotatable bonds is 2. The largest absolute Gasteiger partial charge is 0.422 e. The van der Waals surface area contributed by atoms with Crippen molar-refractivity contribution < 1.29 is 9.21 Å². The lowest BCUT2D eigenvalue weighted by atomic mass is 10.0. The quantitative estimate of drug-likeness (QED) is 0.440. The Morgan fingerprint density at radius 2 is 1.73 bits per heavy atom. The molecular formula is C21H12N2O3. The molecule has 124 valence electrons. The molecule has 0 bridgehead atoms. The molecule has 1 aromatic heterocycles. The number of para-hydroxylation sites is 1. The predicted molar refractivity (Wildman–Crippen MR) is 99.1 cm³/mol. The molecule has 1 amide bonds. The van der Waals surface area contributed by atoms with Gasteiger partial charge in [-0.2, -0.15) is 5.26 Å². The minimum atomic E-state index is -0.722. The molecule has 1 heterocycles. The van der Waals surface area contributed by atoms with E-state index in [1.54, 1.807) is 30.3 Å². The van der Waals surface area contributed by atoms with Gasteiger partial charge in [0.15, 0.2) is 0 Å². The first-order chi connectivity index (χ1) is 12.7. The Labute approximate surface area is 148 Å². The third-order valence-corrected chi connectivity index (χ3v) is 4.18. The van der Waals surface area contributed by atoms with Gasteiger partial charge in [0.1, 0.15) is 17.2 Å². The highest BCUT2D eigenvalue weighted by atomic mass is 16.4. The molecule has 0 aliphatic carbocycles. The van der Waals surface area contributed by atoms with Gasteiger partial charge in [-0.15, -0.1) is 0 Å². The average molecular weight is 340 g/mol. The summed E-state index contributed by atoms with van der Waals surface area (Å²) in [6.07, 6.45) is 0. The van der Waals surface area contributed by atoms with Crippen molar-refractivity contribution in [2.24, 2.45) is 0 Å². The summed E-state index contributed by atoms with van der Waals surface area (Å²) in [4.78, 5) is 24.9. The Hall–Kier alpha value is -3.91. The fourth-order valence-corrected chi connectivity index (χ4v) is 2.91. The van der Waals surface area contributed by atoms with Gasteiger partial charge in [0.25, 0.3) is 5.91 Å². The van der Waals surface area contributed by atoms with Gasteiger partial charge in [-0.25, -0.2) is 4.79 Å². The number of nitrogens with zero attached hydrogens (tertiary/aromatic N) is 1. The van der Waals surface area contributed by atoms with Gasteiger partial charge in [-0.3, -0.25) is 4.79 Å². The van der Waals surface area contributed by atoms with Crippen molar-refractivity contribution in [1.82, 2.24) is 0 Å². The molecule has 0 radical (unpaired) electrons. The van der Waals surface area contributed by atoms with Crippen LogP contribution in [0.15, 0.2) is 75.9 Å². The lowest BCUT2D eigenvalue weighted by molar-refractivity contribution is 0.102. The van der Waals surface area contributed by atoms with Crippen LogP contribution in [0, 0.1) is 11.3 Å². The second-order valence-corrected chi connectivity index (χ2v) is 5.76. The number of nitriles is 1. The van der Waals surface area contributed by atoms with Crippen LogP contribution in [0.5, 0.6) is 0 Å². The molecule has 0 atom stereocenters. The van der Waals surface area contributed by atoms with Crippen molar-refractivity contribution >= 4 is 33.3 Å². The van der Waals surface area contributed by atoms with Crippen molar-refractivity contribution in [2.45, 2.75) is 0 Å². The van der Waals surface area contributed by atoms with E-state index in [0.29, 0.717) is 22.2 Å². The van der Waals surface area contributed by atoms with Crippen molar-refractivity contribution in [1.29, 1.82) is 5.26 Å². The maximum Gasteiger partial charge on any atom is 0.349 e. The summed E-state index contributed by atoms with van der Waals surface area (Å²) in [5, 5.41) is 14.3. The van der Waals surface area contributed by atoms with E-state index in [2.05, 4.69) is 5.32 Å². The Balaban J connectivity index is 1.84. The van der Waals surface area contributed by atoms with E-state index in [0.717, 1.165) is 10.8 Å². The highest BCUT2D eigenvalue weighted by Crippen LogP contribution is 2.25. The highest BCUT2D eigenvalue weighted by molar-refractivity contribution is 6.10. The summed E-state index contributed by atoms with van der Waals surface area (Å²) < 4.78 is 5.33. The van der Waals surface area contributed by atoms with Crippen LogP contribution in [0.4, 0.5) is 5.69 Å². The number of nitrogens with one attached hydrogen (secondary N) is 1. The molecule has 5 heteroatoms. The molecule has 0 unspecified atom stereocenters. The van der Waals surface area contributed by atoms with Crippen LogP contribution in [-0.4, -0.2) is 5.91 Å². The molecule has 1 N–H and O–H groups in total. The lowest BCUT2D eigenvalue weighted by Gasteiger charge is -2.08. The normalized spacial score (nSPS) is 10.6. The third-order valence-electron chi connectivity index (χ3n) is 4.18. The second kappa shape index (κ2) is 6.19. The van der Waals surface area contributed by atoms with Gasteiger partial charge in [-0.05, 0) is 35.0 Å². The van der Waals surface area contributed by atoms with Crippen LogP contribution >= 0.6 is 0 Å². The molecule has 4 rings (SSSR count). The monoisotopic (exact) mass is 340 g/mol. The molecule has 0 aliphatic heterocycles. The van der Waals surface area contributed by atoms with Gasteiger partial charge in [0, 0.05) is 5.39 Å². The van der Waals surface area contributed by atoms with E-state index in [-0.39, 0.29) is 5.56 Å². The first-order valence-corrected chi connectivity index (χ1v) is 7.93. The standard InChI is InChI=1S/C21H12N2O3/c22-12-14-6-2-4-8-18(14)23-20(24)17-11-16-15-7-3-1-5-13(15)9-10-19(16)26-21(17)25/h1-11H,(H,23,24). The van der Waals surface area contributed by atoms with E-state index < -0.39 is 11.5 Å². The minimum absolute atomic E-state index is 0.110. The van der Waals surface area contributed by atoms with Crippen molar-refractivity contribution in [3.8, 4) is 6.07 Å². The molecular weight excluding hydrogens is 328 g/mol. The lowest BCUT2D eigenvalue weighted by Crippen LogP contribution is -2.21. The van der Waals surface area contributed by atoms with Crippen LogP contribution in [0.1, 0.15) is 15.9 Å². The van der Waals surface area contributed by atoms with E-state index in [1.807, 2.05) is 36.4 Å². The van der Waals surface area contributed by atoms with Crippen molar-refractivity contribution in [3.63, 3.8) is 0 Å². The Kier molecular flexibility index (Phi) is 3.71. The van der Waals surface area contributed by atoms with E-state index in [4.69, 9.17) is 9.68 Å². The molecule has 0 fully saturated rings. The van der Waals surface area contributed by atoms with Gasteiger partial charge < -0.3 is 9.73 Å². The first-order valence-electron chi connectivity index (χ1n) is 7.93. The summed E-state index contributed by atoms with van der Waals surface area (Å²) >= 11 is 0. The Morgan fingerprint density at radius 1 is 0.962 bits per heavy atom. The van der Waals surface area contributed by atoms with Crippen molar-refractivity contribution in [2.75, 3.05) is 5.32 Å². The molecule has 0 saturated carbocycles. The van der Waals surface area contributed by atoms with Gasteiger partial charge in [0.05, 0.1) is 11.3 Å². The van der Waals surface area contributed by atoms with Gasteiger partial charge >= 0.3 is 5.63 Å². The molecule has 26 heavy (non-hydrogen) atoms. The number of fused-ring (bicyclic) bond motifs is 3. The maximum atomic E-state index is 12.6. The zero-order valence-corrected chi connectivity index (χ0v) is 13.5. The van der Waals surface area contributed by atoms with E-state index in [9.17, 15) is 9.59 Å². The number of carbonyl (C=O) groups excluding carboxylic acids is 1. The number of hydrogen-bond donors (Lipinski definition) is 1. The molecule has 0 spiro atoms. The van der Waals surface area contributed by atoms with Crippen LogP contribution in [-0.2, 0) is 0 Å². The number of hydrogen-bond acceptors (Lipinski definition) is 4. The number of amides is 1. The SMILES string of the molecule is N#Cc1ccccc1NC(=O)c1cc2c(ccc3ccccc32)oc1=O. The zero-order valence-electron chi connectivity index (χ0n) is 13.5. The van der Waals surface area contributed by atoms with Crippen LogP contribution < -0.4 is 10.9 Å². The van der Waals surface area contributed by atoms with Gasteiger partial charge in [0.2, 0.25) is 0 Å². The van der Waals surface area contributed by atoms with E-state index in [1.165, 1.54) is 6.07 Å². The first kappa shape index (κ1) is 15.6.